The van der Waals surface area contributed by atoms with E-state index >= 15 is 0 Å². The van der Waals surface area contributed by atoms with Gasteiger partial charge in [0.15, 0.2) is 6.61 Å². The van der Waals surface area contributed by atoms with Crippen molar-refractivity contribution in [1.82, 2.24) is 5.32 Å². The largest absolute Gasteiger partial charge is 0.497 e. The van der Waals surface area contributed by atoms with Crippen LogP contribution >= 0.6 is 0 Å². The van der Waals surface area contributed by atoms with Gasteiger partial charge in [0.25, 0.3) is 15.9 Å². The molecule has 172 valence electrons. The zero-order valence-electron chi connectivity index (χ0n) is 17.8. The summed E-state index contributed by atoms with van der Waals surface area (Å²) < 4.78 is 37.9. The van der Waals surface area contributed by atoms with E-state index in [4.69, 9.17) is 9.47 Å². The molecule has 3 rings (SSSR count). The van der Waals surface area contributed by atoms with Crippen LogP contribution in [-0.2, 0) is 19.6 Å². The molecular formula is C23H23N3O6S. The molecule has 3 aromatic rings. The van der Waals surface area contributed by atoms with Crippen LogP contribution in [0.25, 0.3) is 0 Å². The summed E-state index contributed by atoms with van der Waals surface area (Å²) in [5, 5.41) is 5.04. The van der Waals surface area contributed by atoms with Crippen molar-refractivity contribution < 1.29 is 27.5 Å². The summed E-state index contributed by atoms with van der Waals surface area (Å²) in [7, 11) is -2.28. The molecule has 0 spiro atoms. The van der Waals surface area contributed by atoms with Crippen LogP contribution in [0.5, 0.6) is 11.5 Å². The van der Waals surface area contributed by atoms with Gasteiger partial charge in [-0.2, -0.15) is 0 Å². The fourth-order valence-electron chi connectivity index (χ4n) is 2.69. The molecule has 9 nitrogen and oxygen atoms in total. The monoisotopic (exact) mass is 469 g/mol. The smallest absolute Gasteiger partial charge is 0.261 e. The normalized spacial score (nSPS) is 10.7. The van der Waals surface area contributed by atoms with Crippen LogP contribution in [-0.4, -0.2) is 40.5 Å². The number of amides is 2. The number of nitrogens with one attached hydrogen (secondary N) is 3. The number of methoxy groups -OCH3 is 1. The second kappa shape index (κ2) is 11.0. The van der Waals surface area contributed by atoms with Gasteiger partial charge in [-0.1, -0.05) is 18.2 Å². The number of hydrogen-bond donors (Lipinski definition) is 3. The number of para-hydroxylation sites is 1. The Morgan fingerprint density at radius 2 is 1.42 bits per heavy atom. The van der Waals surface area contributed by atoms with E-state index < -0.39 is 21.8 Å². The molecule has 10 heteroatoms. The first-order chi connectivity index (χ1) is 15.9. The number of anilines is 2. The summed E-state index contributed by atoms with van der Waals surface area (Å²) in [5.74, 6) is 0.252. The predicted molar refractivity (Wildman–Crippen MR) is 124 cm³/mol. The fourth-order valence-corrected chi connectivity index (χ4v) is 3.75. The van der Waals surface area contributed by atoms with Crippen molar-refractivity contribution in [3.05, 3.63) is 78.9 Å². The Bertz CT molecular complexity index is 1180. The van der Waals surface area contributed by atoms with Gasteiger partial charge in [0, 0.05) is 11.4 Å². The van der Waals surface area contributed by atoms with E-state index in [2.05, 4.69) is 15.4 Å². The second-order valence-electron chi connectivity index (χ2n) is 6.79. The Kier molecular flexibility index (Phi) is 7.87. The SMILES string of the molecule is COc1ccc(NS(=O)(=O)c2ccc(NC(=O)CNC(=O)COc3ccccc3)cc2)cc1. The zero-order valence-corrected chi connectivity index (χ0v) is 18.6. The fraction of sp³-hybridized carbons (Fsp3) is 0.130. The number of rotatable bonds is 10. The number of hydrogen-bond acceptors (Lipinski definition) is 6. The molecule has 33 heavy (non-hydrogen) atoms. The maximum atomic E-state index is 12.5. The highest BCUT2D eigenvalue weighted by Crippen LogP contribution is 2.20. The topological polar surface area (TPSA) is 123 Å². The van der Waals surface area contributed by atoms with Crippen molar-refractivity contribution in [3.63, 3.8) is 0 Å². The lowest BCUT2D eigenvalue weighted by atomic mass is 10.3. The second-order valence-corrected chi connectivity index (χ2v) is 8.47. The summed E-state index contributed by atoms with van der Waals surface area (Å²) in [4.78, 5) is 23.9. The zero-order chi connectivity index (χ0) is 23.7. The minimum atomic E-state index is -3.80. The average molecular weight is 470 g/mol. The molecule has 0 fully saturated rings. The van der Waals surface area contributed by atoms with Gasteiger partial charge in [-0.05, 0) is 60.7 Å². The lowest BCUT2D eigenvalue weighted by molar-refractivity contribution is -0.125. The Balaban J connectivity index is 1.47. The van der Waals surface area contributed by atoms with Crippen LogP contribution in [0.15, 0.2) is 83.8 Å². The molecule has 0 aromatic heterocycles. The molecule has 0 aliphatic carbocycles. The minimum Gasteiger partial charge on any atom is -0.497 e. The summed E-state index contributed by atoms with van der Waals surface area (Å²) in [5.41, 5.74) is 0.776. The average Bonchev–Trinajstić information content (AvgIpc) is 2.83. The van der Waals surface area contributed by atoms with E-state index in [0.29, 0.717) is 22.9 Å². The van der Waals surface area contributed by atoms with E-state index in [1.54, 1.807) is 48.5 Å². The Labute approximate surface area is 191 Å². The third kappa shape index (κ3) is 7.25. The molecule has 0 heterocycles. The Hall–Kier alpha value is -4.05. The van der Waals surface area contributed by atoms with Gasteiger partial charge in [-0.25, -0.2) is 8.42 Å². The lowest BCUT2D eigenvalue weighted by Gasteiger charge is -2.10. The van der Waals surface area contributed by atoms with Crippen LogP contribution in [0.2, 0.25) is 0 Å². The maximum Gasteiger partial charge on any atom is 0.261 e. The highest BCUT2D eigenvalue weighted by Gasteiger charge is 2.15. The first-order valence-corrected chi connectivity index (χ1v) is 11.4. The van der Waals surface area contributed by atoms with E-state index in [1.807, 2.05) is 6.07 Å². The van der Waals surface area contributed by atoms with Crippen molar-refractivity contribution in [2.45, 2.75) is 4.90 Å². The number of carbonyl (C=O) groups is 2. The van der Waals surface area contributed by atoms with Crippen molar-refractivity contribution in [2.75, 3.05) is 30.3 Å². The highest BCUT2D eigenvalue weighted by molar-refractivity contribution is 7.92. The van der Waals surface area contributed by atoms with Gasteiger partial charge in [0.1, 0.15) is 11.5 Å². The molecule has 0 bridgehead atoms. The van der Waals surface area contributed by atoms with Crippen molar-refractivity contribution in [1.29, 1.82) is 0 Å². The van der Waals surface area contributed by atoms with Crippen LogP contribution in [0.3, 0.4) is 0 Å². The molecule has 0 saturated carbocycles. The Morgan fingerprint density at radius 1 is 0.788 bits per heavy atom. The molecule has 3 aromatic carbocycles. The number of carbonyl (C=O) groups excluding carboxylic acids is 2. The molecule has 2 amide bonds. The van der Waals surface area contributed by atoms with E-state index in [1.165, 1.54) is 31.4 Å². The molecule has 0 aliphatic rings. The first-order valence-electron chi connectivity index (χ1n) is 9.87. The van der Waals surface area contributed by atoms with Crippen molar-refractivity contribution in [3.8, 4) is 11.5 Å². The van der Waals surface area contributed by atoms with Gasteiger partial charge < -0.3 is 20.1 Å². The number of benzene rings is 3. The number of sulfonamides is 1. The Morgan fingerprint density at radius 3 is 2.06 bits per heavy atom. The van der Waals surface area contributed by atoms with Gasteiger partial charge in [0.05, 0.1) is 18.6 Å². The van der Waals surface area contributed by atoms with E-state index in [-0.39, 0.29) is 18.0 Å². The summed E-state index contributed by atoms with van der Waals surface area (Å²) in [6.07, 6.45) is 0. The molecular weight excluding hydrogens is 446 g/mol. The molecule has 0 saturated heterocycles. The van der Waals surface area contributed by atoms with Crippen LogP contribution in [0, 0.1) is 0 Å². The van der Waals surface area contributed by atoms with Gasteiger partial charge in [-0.15, -0.1) is 0 Å². The molecule has 0 radical (unpaired) electrons. The van der Waals surface area contributed by atoms with Crippen LogP contribution in [0.4, 0.5) is 11.4 Å². The standard InChI is InChI=1S/C23H23N3O6S/c1-31-19-11-7-18(8-12-19)26-33(29,30)21-13-9-17(10-14-21)25-22(27)15-24-23(28)16-32-20-5-3-2-4-6-20/h2-14,26H,15-16H2,1H3,(H,24,28)(H,25,27). The lowest BCUT2D eigenvalue weighted by Crippen LogP contribution is -2.35. The van der Waals surface area contributed by atoms with Crippen molar-refractivity contribution in [2.24, 2.45) is 0 Å². The quantitative estimate of drug-likeness (QED) is 0.420. The summed E-state index contributed by atoms with van der Waals surface area (Å²) >= 11 is 0. The van der Waals surface area contributed by atoms with E-state index in [9.17, 15) is 18.0 Å². The van der Waals surface area contributed by atoms with E-state index in [0.717, 1.165) is 0 Å². The molecule has 0 aliphatic heterocycles. The minimum absolute atomic E-state index is 0.0303. The third-order valence-corrected chi connectivity index (χ3v) is 5.75. The first kappa shape index (κ1) is 23.6. The van der Waals surface area contributed by atoms with Gasteiger partial charge in [-0.3, -0.25) is 14.3 Å². The van der Waals surface area contributed by atoms with Gasteiger partial charge >= 0.3 is 0 Å². The predicted octanol–water partition coefficient (Wildman–Crippen LogP) is 2.63. The van der Waals surface area contributed by atoms with Crippen LogP contribution in [0.1, 0.15) is 0 Å². The third-order valence-electron chi connectivity index (χ3n) is 4.35. The van der Waals surface area contributed by atoms with Gasteiger partial charge in [0.2, 0.25) is 5.91 Å². The van der Waals surface area contributed by atoms with Crippen molar-refractivity contribution >= 4 is 33.2 Å². The number of ether oxygens (including phenoxy) is 2. The molecule has 0 unspecified atom stereocenters. The highest BCUT2D eigenvalue weighted by atomic mass is 32.2. The molecule has 0 atom stereocenters. The summed E-state index contributed by atoms with van der Waals surface area (Å²) in [6, 6.07) is 21.0. The summed E-state index contributed by atoms with van der Waals surface area (Å²) in [6.45, 7) is -0.471. The van der Waals surface area contributed by atoms with Crippen LogP contribution < -0.4 is 24.8 Å². The molecule has 3 N–H and O–H groups in total. The maximum absolute atomic E-state index is 12.5.